The number of halogens is 1. The van der Waals surface area contributed by atoms with Gasteiger partial charge < -0.3 is 10.6 Å². The fourth-order valence-corrected chi connectivity index (χ4v) is 1.81. The Kier molecular flexibility index (Phi) is 4.43. The molecule has 0 unspecified atom stereocenters. The van der Waals surface area contributed by atoms with E-state index in [1.54, 1.807) is 7.05 Å². The van der Waals surface area contributed by atoms with Crippen LogP contribution in [0.2, 0.25) is 0 Å². The average molecular weight is 352 g/mol. The fraction of sp³-hybridized carbons (Fsp3) is 0.0833. The van der Waals surface area contributed by atoms with Crippen molar-refractivity contribution < 1.29 is 9.72 Å². The zero-order chi connectivity index (χ0) is 15.4. The van der Waals surface area contributed by atoms with Crippen molar-refractivity contribution in [3.05, 3.63) is 50.9 Å². The molecule has 2 N–H and O–H groups in total. The summed E-state index contributed by atoms with van der Waals surface area (Å²) in [5.41, 5.74) is 0.317. The molecule has 0 radical (unpaired) electrons. The third-order valence-corrected chi connectivity index (χ3v) is 3.00. The topological polar surface area (TPSA) is 110 Å². The van der Waals surface area contributed by atoms with E-state index in [0.717, 1.165) is 0 Å². The SMILES string of the molecule is CNc1ccc(C(=O)Nc2cnc(Br)cn2)cc1[N+](=O)[O-]. The molecule has 0 fully saturated rings. The third-order valence-electron chi connectivity index (χ3n) is 2.59. The predicted octanol–water partition coefficient (Wildman–Crippen LogP) is 2.44. The van der Waals surface area contributed by atoms with Crippen molar-refractivity contribution in [1.29, 1.82) is 0 Å². The maximum Gasteiger partial charge on any atom is 0.293 e. The summed E-state index contributed by atoms with van der Waals surface area (Å²) in [6.45, 7) is 0. The van der Waals surface area contributed by atoms with Crippen molar-refractivity contribution in [1.82, 2.24) is 9.97 Å². The molecule has 1 amide bonds. The van der Waals surface area contributed by atoms with Gasteiger partial charge in [-0.15, -0.1) is 0 Å². The highest BCUT2D eigenvalue weighted by Crippen LogP contribution is 2.25. The first kappa shape index (κ1) is 14.9. The molecular formula is C12H10BrN5O3. The normalized spacial score (nSPS) is 10.0. The highest BCUT2D eigenvalue weighted by Gasteiger charge is 2.17. The Hall–Kier alpha value is -2.55. The molecule has 0 aliphatic rings. The minimum absolute atomic E-state index is 0.158. The van der Waals surface area contributed by atoms with Crippen LogP contribution < -0.4 is 10.6 Å². The highest BCUT2D eigenvalue weighted by molar-refractivity contribution is 9.10. The van der Waals surface area contributed by atoms with E-state index in [0.29, 0.717) is 10.3 Å². The monoisotopic (exact) mass is 351 g/mol. The molecule has 108 valence electrons. The number of rotatable bonds is 4. The lowest BCUT2D eigenvalue weighted by atomic mass is 10.1. The van der Waals surface area contributed by atoms with Crippen molar-refractivity contribution in [2.24, 2.45) is 0 Å². The summed E-state index contributed by atoms with van der Waals surface area (Å²) in [6.07, 6.45) is 2.81. The first-order valence-electron chi connectivity index (χ1n) is 5.76. The van der Waals surface area contributed by atoms with Crippen LogP contribution in [0, 0.1) is 10.1 Å². The van der Waals surface area contributed by atoms with E-state index < -0.39 is 10.8 Å². The first-order valence-corrected chi connectivity index (χ1v) is 6.55. The average Bonchev–Trinajstić information content (AvgIpc) is 2.48. The number of hydrogen-bond donors (Lipinski definition) is 2. The number of nitro groups is 1. The van der Waals surface area contributed by atoms with Gasteiger partial charge in [-0.3, -0.25) is 14.9 Å². The van der Waals surface area contributed by atoms with Gasteiger partial charge in [-0.1, -0.05) is 0 Å². The lowest BCUT2D eigenvalue weighted by Gasteiger charge is -2.06. The van der Waals surface area contributed by atoms with E-state index in [1.807, 2.05) is 0 Å². The minimum atomic E-state index is -0.554. The molecule has 8 nitrogen and oxygen atoms in total. The summed E-state index contributed by atoms with van der Waals surface area (Å²) < 4.78 is 0.537. The molecule has 0 saturated heterocycles. The minimum Gasteiger partial charge on any atom is -0.383 e. The van der Waals surface area contributed by atoms with Crippen LogP contribution in [0.3, 0.4) is 0 Å². The van der Waals surface area contributed by atoms with Crippen LogP contribution in [0.4, 0.5) is 17.2 Å². The van der Waals surface area contributed by atoms with E-state index in [4.69, 9.17) is 0 Å². The van der Waals surface area contributed by atoms with E-state index >= 15 is 0 Å². The van der Waals surface area contributed by atoms with Crippen LogP contribution >= 0.6 is 15.9 Å². The molecule has 0 bridgehead atoms. The van der Waals surface area contributed by atoms with Gasteiger partial charge in [0.2, 0.25) is 0 Å². The van der Waals surface area contributed by atoms with E-state index in [2.05, 4.69) is 36.5 Å². The summed E-state index contributed by atoms with van der Waals surface area (Å²) in [5, 5.41) is 16.2. The molecule has 1 aromatic heterocycles. The molecule has 0 atom stereocenters. The number of nitrogens with one attached hydrogen (secondary N) is 2. The number of anilines is 2. The van der Waals surface area contributed by atoms with Gasteiger partial charge in [-0.2, -0.15) is 0 Å². The van der Waals surface area contributed by atoms with E-state index in [-0.39, 0.29) is 17.1 Å². The number of nitrogens with zero attached hydrogens (tertiary/aromatic N) is 3. The van der Waals surface area contributed by atoms with Gasteiger partial charge in [0, 0.05) is 18.7 Å². The maximum absolute atomic E-state index is 12.0. The Morgan fingerprint density at radius 2 is 2.10 bits per heavy atom. The second-order valence-corrected chi connectivity index (χ2v) is 4.73. The molecule has 0 saturated carbocycles. The Balaban J connectivity index is 2.25. The molecule has 21 heavy (non-hydrogen) atoms. The Morgan fingerprint density at radius 1 is 1.33 bits per heavy atom. The number of carbonyl (C=O) groups excluding carboxylic acids is 1. The van der Waals surface area contributed by atoms with Gasteiger partial charge >= 0.3 is 0 Å². The van der Waals surface area contributed by atoms with E-state index in [1.165, 1.54) is 30.6 Å². The number of nitro benzene ring substituents is 1. The Bertz CT molecular complexity index is 690. The smallest absolute Gasteiger partial charge is 0.293 e. The molecule has 2 rings (SSSR count). The van der Waals surface area contributed by atoms with Crippen LogP contribution in [-0.2, 0) is 0 Å². The summed E-state index contributed by atoms with van der Waals surface area (Å²) >= 11 is 3.13. The van der Waals surface area contributed by atoms with Crippen molar-refractivity contribution in [3.8, 4) is 0 Å². The van der Waals surface area contributed by atoms with Gasteiger partial charge in [0.15, 0.2) is 5.82 Å². The Labute approximate surface area is 127 Å². The second-order valence-electron chi connectivity index (χ2n) is 3.92. The zero-order valence-corrected chi connectivity index (χ0v) is 12.4. The standard InChI is InChI=1S/C12H10BrN5O3/c1-14-8-3-2-7(4-9(8)18(20)21)12(19)17-11-6-15-10(13)5-16-11/h2-6,14H,1H3,(H,16,17,19). The van der Waals surface area contributed by atoms with Crippen LogP contribution in [0.5, 0.6) is 0 Å². The van der Waals surface area contributed by atoms with E-state index in [9.17, 15) is 14.9 Å². The predicted molar refractivity (Wildman–Crippen MR) is 80.3 cm³/mol. The number of aromatic nitrogens is 2. The second kappa shape index (κ2) is 6.27. The van der Waals surface area contributed by atoms with Gasteiger partial charge in [-0.25, -0.2) is 9.97 Å². The summed E-state index contributed by atoms with van der Waals surface area (Å²) in [7, 11) is 1.57. The lowest BCUT2D eigenvalue weighted by molar-refractivity contribution is -0.384. The summed E-state index contributed by atoms with van der Waals surface area (Å²) in [4.78, 5) is 30.3. The molecule has 9 heteroatoms. The number of benzene rings is 1. The number of hydrogen-bond acceptors (Lipinski definition) is 6. The van der Waals surface area contributed by atoms with Crippen LogP contribution in [0.1, 0.15) is 10.4 Å². The quantitative estimate of drug-likeness (QED) is 0.646. The van der Waals surface area contributed by atoms with Crippen LogP contribution in [0.25, 0.3) is 0 Å². The molecule has 0 aliphatic carbocycles. The highest BCUT2D eigenvalue weighted by atomic mass is 79.9. The van der Waals surface area contributed by atoms with Gasteiger partial charge in [0.25, 0.3) is 11.6 Å². The van der Waals surface area contributed by atoms with Crippen molar-refractivity contribution in [3.63, 3.8) is 0 Å². The van der Waals surface area contributed by atoms with Crippen molar-refractivity contribution in [2.45, 2.75) is 0 Å². The van der Waals surface area contributed by atoms with Crippen molar-refractivity contribution >= 4 is 39.0 Å². The van der Waals surface area contributed by atoms with Gasteiger partial charge in [-0.05, 0) is 28.1 Å². The number of amides is 1. The summed E-state index contributed by atoms with van der Waals surface area (Å²) in [5.74, 6) is -0.249. The Morgan fingerprint density at radius 3 is 2.67 bits per heavy atom. The third kappa shape index (κ3) is 3.51. The fourth-order valence-electron chi connectivity index (χ4n) is 1.60. The lowest BCUT2D eigenvalue weighted by Crippen LogP contribution is -2.13. The van der Waals surface area contributed by atoms with Crippen LogP contribution in [-0.4, -0.2) is 27.8 Å². The molecule has 2 aromatic rings. The first-order chi connectivity index (χ1) is 10.0. The maximum atomic E-state index is 12.0. The van der Waals surface area contributed by atoms with Gasteiger partial charge in [0.1, 0.15) is 10.3 Å². The molecular weight excluding hydrogens is 342 g/mol. The molecule has 0 aliphatic heterocycles. The molecule has 0 spiro atoms. The number of carbonyl (C=O) groups is 1. The largest absolute Gasteiger partial charge is 0.383 e. The van der Waals surface area contributed by atoms with Gasteiger partial charge in [0.05, 0.1) is 17.3 Å². The van der Waals surface area contributed by atoms with Crippen LogP contribution in [0.15, 0.2) is 35.2 Å². The molecule has 1 aromatic carbocycles. The summed E-state index contributed by atoms with van der Waals surface area (Å²) in [6, 6.07) is 4.16. The molecule has 1 heterocycles. The van der Waals surface area contributed by atoms with Crippen molar-refractivity contribution in [2.75, 3.05) is 17.7 Å². The zero-order valence-electron chi connectivity index (χ0n) is 10.8.